The van der Waals surface area contributed by atoms with Crippen molar-refractivity contribution in [3.63, 3.8) is 0 Å². The van der Waals surface area contributed by atoms with Gasteiger partial charge in [0.05, 0.1) is 7.11 Å². The fourth-order valence-corrected chi connectivity index (χ4v) is 4.00. The molecule has 2 nitrogen and oxygen atoms in total. The summed E-state index contributed by atoms with van der Waals surface area (Å²) >= 11 is 0. The van der Waals surface area contributed by atoms with Crippen LogP contribution in [0.5, 0.6) is 5.75 Å². The van der Waals surface area contributed by atoms with Gasteiger partial charge in [0.25, 0.3) is 0 Å². The summed E-state index contributed by atoms with van der Waals surface area (Å²) in [6.45, 7) is 0. The van der Waals surface area contributed by atoms with Crippen LogP contribution in [0, 0.1) is 17.8 Å². The van der Waals surface area contributed by atoms with Gasteiger partial charge in [-0.2, -0.15) is 0 Å². The van der Waals surface area contributed by atoms with Gasteiger partial charge in [0.2, 0.25) is 0 Å². The lowest BCUT2D eigenvalue weighted by atomic mass is 9.84. The van der Waals surface area contributed by atoms with Crippen molar-refractivity contribution in [1.82, 2.24) is 0 Å². The zero-order valence-corrected chi connectivity index (χ0v) is 11.6. The molecule has 19 heavy (non-hydrogen) atoms. The van der Waals surface area contributed by atoms with Gasteiger partial charge in [-0.1, -0.05) is 18.6 Å². The molecule has 0 heterocycles. The summed E-state index contributed by atoms with van der Waals surface area (Å²) in [6, 6.07) is 7.86. The third-order valence-electron chi connectivity index (χ3n) is 4.91. The van der Waals surface area contributed by atoms with Crippen molar-refractivity contribution in [1.29, 1.82) is 0 Å². The molecule has 102 valence electrons. The van der Waals surface area contributed by atoms with E-state index in [1.807, 2.05) is 24.3 Å². The average Bonchev–Trinajstić information content (AvgIpc) is 3.01. The Morgan fingerprint density at radius 2 is 2.21 bits per heavy atom. The molecule has 3 unspecified atom stereocenters. The van der Waals surface area contributed by atoms with Crippen molar-refractivity contribution in [2.24, 2.45) is 17.8 Å². The molecule has 2 bridgehead atoms. The number of hydrogen-bond donors (Lipinski definition) is 0. The number of ether oxygens (including phenoxy) is 1. The van der Waals surface area contributed by atoms with Crippen LogP contribution in [0.4, 0.5) is 0 Å². The minimum absolute atomic E-state index is 0.394. The van der Waals surface area contributed by atoms with Gasteiger partial charge in [-0.25, -0.2) is 0 Å². The largest absolute Gasteiger partial charge is 0.497 e. The van der Waals surface area contributed by atoms with Gasteiger partial charge in [-0.05, 0) is 54.7 Å². The van der Waals surface area contributed by atoms with Crippen molar-refractivity contribution in [3.8, 4) is 5.75 Å². The van der Waals surface area contributed by atoms with Crippen LogP contribution < -0.4 is 4.74 Å². The zero-order valence-electron chi connectivity index (χ0n) is 11.6. The Kier molecular flexibility index (Phi) is 3.58. The minimum Gasteiger partial charge on any atom is -0.497 e. The van der Waals surface area contributed by atoms with Gasteiger partial charge in [0.15, 0.2) is 0 Å². The van der Waals surface area contributed by atoms with Crippen LogP contribution in [-0.4, -0.2) is 12.9 Å². The van der Waals surface area contributed by atoms with E-state index >= 15 is 0 Å². The third kappa shape index (κ3) is 2.83. The Hall–Kier alpha value is -1.31. The van der Waals surface area contributed by atoms with Crippen molar-refractivity contribution >= 4 is 5.78 Å². The fourth-order valence-electron chi connectivity index (χ4n) is 4.00. The summed E-state index contributed by atoms with van der Waals surface area (Å²) in [5, 5.41) is 0. The lowest BCUT2D eigenvalue weighted by molar-refractivity contribution is -0.119. The maximum Gasteiger partial charge on any atom is 0.137 e. The second-order valence-corrected chi connectivity index (χ2v) is 6.21. The lowest BCUT2D eigenvalue weighted by Crippen LogP contribution is -2.16. The molecule has 0 aromatic heterocycles. The molecule has 2 aliphatic rings. The first-order valence-electron chi connectivity index (χ1n) is 7.39. The Bertz CT molecular complexity index is 466. The summed E-state index contributed by atoms with van der Waals surface area (Å²) in [5.74, 6) is 3.69. The topological polar surface area (TPSA) is 26.3 Å². The standard InChI is InChI=1S/C17H22O2/c1-19-17-4-2-3-12(10-17)9-16(18)11-15-8-13-5-6-14(15)7-13/h2-4,10,13-15H,5-9,11H2,1H3. The number of carbonyl (C=O) groups is 1. The van der Waals surface area contributed by atoms with Gasteiger partial charge >= 0.3 is 0 Å². The summed E-state index contributed by atoms with van der Waals surface area (Å²) in [5.41, 5.74) is 1.08. The second-order valence-electron chi connectivity index (χ2n) is 6.21. The molecule has 2 fully saturated rings. The average molecular weight is 258 g/mol. The quantitative estimate of drug-likeness (QED) is 0.806. The molecule has 1 aromatic rings. The lowest BCUT2D eigenvalue weighted by Gasteiger charge is -2.20. The van der Waals surface area contributed by atoms with Crippen molar-refractivity contribution in [3.05, 3.63) is 29.8 Å². The second kappa shape index (κ2) is 5.36. The van der Waals surface area contributed by atoms with Crippen LogP contribution in [0.25, 0.3) is 0 Å². The van der Waals surface area contributed by atoms with Gasteiger partial charge in [0, 0.05) is 12.8 Å². The molecule has 3 atom stereocenters. The van der Waals surface area contributed by atoms with E-state index in [4.69, 9.17) is 4.74 Å². The molecule has 3 rings (SSSR count). The highest BCUT2D eigenvalue weighted by Crippen LogP contribution is 2.49. The Balaban J connectivity index is 1.56. The Labute approximate surface area is 115 Å². The zero-order chi connectivity index (χ0) is 13.2. The SMILES string of the molecule is COc1cccc(CC(=O)CC2CC3CCC2C3)c1. The molecule has 1 aromatic carbocycles. The summed E-state index contributed by atoms with van der Waals surface area (Å²) in [7, 11) is 1.66. The normalized spacial score (nSPS) is 28.6. The van der Waals surface area contributed by atoms with E-state index < -0.39 is 0 Å². The molecule has 2 aliphatic carbocycles. The molecule has 0 saturated heterocycles. The first kappa shape index (κ1) is 12.7. The van der Waals surface area contributed by atoms with Crippen LogP contribution in [0.15, 0.2) is 24.3 Å². The predicted octanol–water partition coefficient (Wildman–Crippen LogP) is 3.63. The number of hydrogen-bond acceptors (Lipinski definition) is 2. The van der Waals surface area contributed by atoms with Crippen LogP contribution in [-0.2, 0) is 11.2 Å². The fraction of sp³-hybridized carbons (Fsp3) is 0.588. The Morgan fingerprint density at radius 3 is 2.89 bits per heavy atom. The first-order valence-corrected chi connectivity index (χ1v) is 7.39. The molecule has 0 radical (unpaired) electrons. The maximum atomic E-state index is 12.2. The highest BCUT2D eigenvalue weighted by atomic mass is 16.5. The molecule has 2 heteroatoms. The number of fused-ring (bicyclic) bond motifs is 2. The number of rotatable bonds is 5. The van der Waals surface area contributed by atoms with Crippen molar-refractivity contribution in [2.45, 2.75) is 38.5 Å². The van der Waals surface area contributed by atoms with E-state index in [9.17, 15) is 4.79 Å². The van der Waals surface area contributed by atoms with E-state index in [2.05, 4.69) is 0 Å². The number of ketones is 1. The molecular weight excluding hydrogens is 236 g/mol. The number of methoxy groups -OCH3 is 1. The molecule has 0 amide bonds. The van der Waals surface area contributed by atoms with E-state index in [0.29, 0.717) is 18.1 Å². The molecule has 0 spiro atoms. The Morgan fingerprint density at radius 1 is 1.32 bits per heavy atom. The highest BCUT2D eigenvalue weighted by molar-refractivity contribution is 5.81. The summed E-state index contributed by atoms with van der Waals surface area (Å²) in [4.78, 5) is 12.2. The monoisotopic (exact) mass is 258 g/mol. The smallest absolute Gasteiger partial charge is 0.137 e. The molecule has 2 saturated carbocycles. The summed E-state index contributed by atoms with van der Waals surface area (Å²) in [6.07, 6.45) is 6.81. The van der Waals surface area contributed by atoms with Crippen LogP contribution in [0.2, 0.25) is 0 Å². The van der Waals surface area contributed by atoms with Gasteiger partial charge in [-0.15, -0.1) is 0 Å². The number of Topliss-reactive ketones (excluding diaryl/α,β-unsaturated/α-hetero) is 1. The van der Waals surface area contributed by atoms with E-state index in [0.717, 1.165) is 29.6 Å². The maximum absolute atomic E-state index is 12.2. The predicted molar refractivity (Wildman–Crippen MR) is 75.3 cm³/mol. The van der Waals surface area contributed by atoms with E-state index in [1.165, 1.54) is 25.7 Å². The van der Waals surface area contributed by atoms with Crippen LogP contribution in [0.1, 0.15) is 37.7 Å². The highest BCUT2D eigenvalue weighted by Gasteiger charge is 2.39. The first-order chi connectivity index (χ1) is 9.24. The van der Waals surface area contributed by atoms with Crippen LogP contribution in [0.3, 0.4) is 0 Å². The van der Waals surface area contributed by atoms with E-state index in [1.54, 1.807) is 7.11 Å². The number of carbonyl (C=O) groups excluding carboxylic acids is 1. The third-order valence-corrected chi connectivity index (χ3v) is 4.91. The van der Waals surface area contributed by atoms with Gasteiger partial charge < -0.3 is 4.74 Å². The van der Waals surface area contributed by atoms with Crippen molar-refractivity contribution in [2.75, 3.05) is 7.11 Å². The molecule has 0 aliphatic heterocycles. The molecule has 0 N–H and O–H groups in total. The van der Waals surface area contributed by atoms with Gasteiger partial charge in [0.1, 0.15) is 11.5 Å². The van der Waals surface area contributed by atoms with E-state index in [-0.39, 0.29) is 0 Å². The molecular formula is C17H22O2. The van der Waals surface area contributed by atoms with Crippen molar-refractivity contribution < 1.29 is 9.53 Å². The van der Waals surface area contributed by atoms with Crippen LogP contribution >= 0.6 is 0 Å². The minimum atomic E-state index is 0.394. The number of benzene rings is 1. The van der Waals surface area contributed by atoms with Gasteiger partial charge in [-0.3, -0.25) is 4.79 Å². The summed E-state index contributed by atoms with van der Waals surface area (Å²) < 4.78 is 5.20.